The highest BCUT2D eigenvalue weighted by Crippen LogP contribution is 2.26. The number of carbonyl (C=O) groups is 2. The standard InChI is InChI=1S/C18H17N3O3S/c1-11(19-12(2)22)13-5-7-14(8-6-13)15-10-25-18(20-15)21-17(23)16-4-3-9-24-16/h3-11H,1-2H3,(H,19,22)(H,20,21,23)/t11-/m1/s1. The molecule has 2 aromatic heterocycles. The second-order valence-electron chi connectivity index (χ2n) is 5.51. The van der Waals surface area contributed by atoms with Crippen LogP contribution >= 0.6 is 11.3 Å². The van der Waals surface area contributed by atoms with Crippen LogP contribution in [0.25, 0.3) is 11.3 Å². The third-order valence-electron chi connectivity index (χ3n) is 3.60. The van der Waals surface area contributed by atoms with Crippen molar-refractivity contribution in [3.05, 3.63) is 59.4 Å². The largest absolute Gasteiger partial charge is 0.459 e. The Morgan fingerprint density at radius 1 is 1.20 bits per heavy atom. The highest BCUT2D eigenvalue weighted by Gasteiger charge is 2.12. The maximum Gasteiger partial charge on any atom is 0.293 e. The molecule has 1 atom stereocenters. The van der Waals surface area contributed by atoms with Crippen LogP contribution in [0.2, 0.25) is 0 Å². The Balaban J connectivity index is 1.69. The molecule has 25 heavy (non-hydrogen) atoms. The Morgan fingerprint density at radius 2 is 1.96 bits per heavy atom. The lowest BCUT2D eigenvalue weighted by atomic mass is 10.1. The van der Waals surface area contributed by atoms with E-state index in [0.717, 1.165) is 16.8 Å². The number of nitrogens with one attached hydrogen (secondary N) is 2. The summed E-state index contributed by atoms with van der Waals surface area (Å²) in [4.78, 5) is 27.5. The van der Waals surface area contributed by atoms with Crippen molar-refractivity contribution in [2.24, 2.45) is 0 Å². The van der Waals surface area contributed by atoms with E-state index in [1.807, 2.05) is 36.6 Å². The van der Waals surface area contributed by atoms with Crippen LogP contribution in [0.5, 0.6) is 0 Å². The lowest BCUT2D eigenvalue weighted by molar-refractivity contribution is -0.119. The molecule has 0 spiro atoms. The molecule has 0 aliphatic rings. The number of amides is 2. The topological polar surface area (TPSA) is 84.2 Å². The fourth-order valence-electron chi connectivity index (χ4n) is 2.36. The Morgan fingerprint density at radius 3 is 2.60 bits per heavy atom. The molecule has 0 unspecified atom stereocenters. The number of nitrogens with zero attached hydrogens (tertiary/aromatic N) is 1. The third kappa shape index (κ3) is 4.13. The van der Waals surface area contributed by atoms with Gasteiger partial charge in [-0.05, 0) is 24.6 Å². The van der Waals surface area contributed by atoms with Gasteiger partial charge in [-0.15, -0.1) is 11.3 Å². The number of carbonyl (C=O) groups excluding carboxylic acids is 2. The average Bonchev–Trinajstić information content (AvgIpc) is 3.26. The summed E-state index contributed by atoms with van der Waals surface area (Å²) < 4.78 is 5.06. The van der Waals surface area contributed by atoms with Crippen LogP contribution in [-0.4, -0.2) is 16.8 Å². The summed E-state index contributed by atoms with van der Waals surface area (Å²) in [5.74, 6) is -0.147. The van der Waals surface area contributed by atoms with Crippen LogP contribution < -0.4 is 10.6 Å². The van der Waals surface area contributed by atoms with Gasteiger partial charge in [0.15, 0.2) is 10.9 Å². The first-order valence-corrected chi connectivity index (χ1v) is 8.58. The molecule has 7 heteroatoms. The first-order valence-electron chi connectivity index (χ1n) is 7.71. The molecule has 2 heterocycles. The molecular weight excluding hydrogens is 338 g/mol. The predicted molar refractivity (Wildman–Crippen MR) is 96.4 cm³/mol. The molecule has 3 aromatic rings. The summed E-state index contributed by atoms with van der Waals surface area (Å²) >= 11 is 1.35. The van der Waals surface area contributed by atoms with Gasteiger partial charge in [0.05, 0.1) is 18.0 Å². The maximum absolute atomic E-state index is 12.0. The fourth-order valence-corrected chi connectivity index (χ4v) is 3.08. The smallest absolute Gasteiger partial charge is 0.293 e. The molecule has 128 valence electrons. The Labute approximate surface area is 148 Å². The Bertz CT molecular complexity index is 869. The minimum absolute atomic E-state index is 0.0508. The van der Waals surface area contributed by atoms with Gasteiger partial charge in [-0.1, -0.05) is 24.3 Å². The zero-order valence-electron chi connectivity index (χ0n) is 13.8. The van der Waals surface area contributed by atoms with Crippen LogP contribution in [0.4, 0.5) is 5.13 Å². The predicted octanol–water partition coefficient (Wildman–Crippen LogP) is 3.85. The summed E-state index contributed by atoms with van der Waals surface area (Å²) in [5.41, 5.74) is 2.73. The average molecular weight is 355 g/mol. The second-order valence-corrected chi connectivity index (χ2v) is 6.37. The van der Waals surface area contributed by atoms with E-state index < -0.39 is 0 Å². The van der Waals surface area contributed by atoms with Crippen LogP contribution in [0, 0.1) is 0 Å². The van der Waals surface area contributed by atoms with E-state index in [9.17, 15) is 9.59 Å². The third-order valence-corrected chi connectivity index (χ3v) is 4.35. The monoisotopic (exact) mass is 355 g/mol. The lowest BCUT2D eigenvalue weighted by Gasteiger charge is -2.12. The summed E-state index contributed by atoms with van der Waals surface area (Å²) in [7, 11) is 0. The molecule has 6 nitrogen and oxygen atoms in total. The number of anilines is 1. The lowest BCUT2D eigenvalue weighted by Crippen LogP contribution is -2.23. The van der Waals surface area contributed by atoms with Gasteiger partial charge in [0.25, 0.3) is 5.91 Å². The molecular formula is C18H17N3O3S. The number of hydrogen-bond acceptors (Lipinski definition) is 5. The zero-order chi connectivity index (χ0) is 17.8. The number of furan rings is 1. The number of hydrogen-bond donors (Lipinski definition) is 2. The van der Waals surface area contributed by atoms with Crippen molar-refractivity contribution >= 4 is 28.3 Å². The highest BCUT2D eigenvalue weighted by atomic mass is 32.1. The molecule has 0 saturated carbocycles. The Hall–Kier alpha value is -2.93. The Kier molecular flexibility index (Phi) is 4.95. The molecule has 0 fully saturated rings. The first-order chi connectivity index (χ1) is 12.0. The van der Waals surface area contributed by atoms with Gasteiger partial charge >= 0.3 is 0 Å². The molecule has 0 radical (unpaired) electrons. The molecule has 0 aliphatic carbocycles. The van der Waals surface area contributed by atoms with Crippen LogP contribution in [0.1, 0.15) is 36.0 Å². The number of thiazole rings is 1. The van der Waals surface area contributed by atoms with Gasteiger partial charge in [-0.2, -0.15) is 0 Å². The summed E-state index contributed by atoms with van der Waals surface area (Å²) in [6.07, 6.45) is 1.45. The van der Waals surface area contributed by atoms with Crippen LogP contribution in [0.3, 0.4) is 0 Å². The minimum Gasteiger partial charge on any atom is -0.459 e. The van der Waals surface area contributed by atoms with Crippen LogP contribution in [0.15, 0.2) is 52.5 Å². The van der Waals surface area contributed by atoms with E-state index in [-0.39, 0.29) is 23.6 Å². The first kappa shape index (κ1) is 16.9. The van der Waals surface area contributed by atoms with E-state index in [1.54, 1.807) is 12.1 Å². The van der Waals surface area contributed by atoms with Gasteiger partial charge < -0.3 is 9.73 Å². The highest BCUT2D eigenvalue weighted by molar-refractivity contribution is 7.14. The molecule has 0 saturated heterocycles. The summed E-state index contributed by atoms with van der Waals surface area (Å²) in [6.45, 7) is 3.43. The molecule has 2 N–H and O–H groups in total. The normalized spacial score (nSPS) is 11.8. The fraction of sp³-hybridized carbons (Fsp3) is 0.167. The van der Waals surface area contributed by atoms with Gasteiger partial charge in [-0.25, -0.2) is 4.98 Å². The van der Waals surface area contributed by atoms with Gasteiger partial charge in [0.1, 0.15) is 0 Å². The van der Waals surface area contributed by atoms with Gasteiger partial charge in [-0.3, -0.25) is 14.9 Å². The van der Waals surface area contributed by atoms with E-state index in [1.165, 1.54) is 24.5 Å². The van der Waals surface area contributed by atoms with Gasteiger partial charge in [0.2, 0.25) is 5.91 Å². The number of aromatic nitrogens is 1. The molecule has 2 amide bonds. The SMILES string of the molecule is CC(=O)N[C@H](C)c1ccc(-c2csc(NC(=O)c3ccco3)n2)cc1. The minimum atomic E-state index is -0.328. The van der Waals surface area contributed by atoms with Crippen LogP contribution in [-0.2, 0) is 4.79 Å². The molecule has 0 bridgehead atoms. The van der Waals surface area contributed by atoms with E-state index >= 15 is 0 Å². The van der Waals surface area contributed by atoms with Crippen molar-refractivity contribution in [3.63, 3.8) is 0 Å². The van der Waals surface area contributed by atoms with Crippen molar-refractivity contribution in [2.75, 3.05) is 5.32 Å². The van der Waals surface area contributed by atoms with E-state index in [0.29, 0.717) is 5.13 Å². The number of benzene rings is 1. The van der Waals surface area contributed by atoms with E-state index in [2.05, 4.69) is 15.6 Å². The molecule has 0 aliphatic heterocycles. The van der Waals surface area contributed by atoms with Crippen molar-refractivity contribution in [1.82, 2.24) is 10.3 Å². The number of rotatable bonds is 5. The van der Waals surface area contributed by atoms with Crippen molar-refractivity contribution in [3.8, 4) is 11.3 Å². The van der Waals surface area contributed by atoms with Gasteiger partial charge in [0, 0.05) is 17.9 Å². The molecule has 3 rings (SSSR count). The maximum atomic E-state index is 12.0. The van der Waals surface area contributed by atoms with E-state index in [4.69, 9.17) is 4.42 Å². The quantitative estimate of drug-likeness (QED) is 0.728. The summed E-state index contributed by atoms with van der Waals surface area (Å²) in [6, 6.07) is 11.0. The van der Waals surface area contributed by atoms with Crippen molar-refractivity contribution in [2.45, 2.75) is 19.9 Å². The van der Waals surface area contributed by atoms with Crippen molar-refractivity contribution in [1.29, 1.82) is 0 Å². The summed E-state index contributed by atoms with van der Waals surface area (Å²) in [5, 5.41) is 7.95. The zero-order valence-corrected chi connectivity index (χ0v) is 14.6. The molecule has 1 aromatic carbocycles. The van der Waals surface area contributed by atoms with Crippen molar-refractivity contribution < 1.29 is 14.0 Å². The second kappa shape index (κ2) is 7.31.